The topological polar surface area (TPSA) is 66.9 Å². The van der Waals surface area contributed by atoms with E-state index in [0.717, 1.165) is 11.3 Å². The lowest BCUT2D eigenvalue weighted by molar-refractivity contribution is 0.252. The van der Waals surface area contributed by atoms with Gasteiger partial charge in [0.05, 0.1) is 4.70 Å². The molecular weight excluding hydrogens is 394 g/mol. The van der Waals surface area contributed by atoms with E-state index in [-0.39, 0.29) is 21.9 Å². The third-order valence-corrected chi connectivity index (χ3v) is 5.27. The van der Waals surface area contributed by atoms with Crippen LogP contribution in [0.4, 0.5) is 18.7 Å². The van der Waals surface area contributed by atoms with Crippen LogP contribution in [-0.4, -0.2) is 22.5 Å². The zero-order valence-electron chi connectivity index (χ0n) is 15.4. The molecule has 8 heteroatoms. The minimum atomic E-state index is -0.536. The summed E-state index contributed by atoms with van der Waals surface area (Å²) in [6.07, 6.45) is 1.48. The highest BCUT2D eigenvalue weighted by molar-refractivity contribution is 7.22. The van der Waals surface area contributed by atoms with Gasteiger partial charge in [-0.05, 0) is 30.7 Å². The summed E-state index contributed by atoms with van der Waals surface area (Å²) < 4.78 is 30.3. The molecule has 0 radical (unpaired) electrons. The molecule has 29 heavy (non-hydrogen) atoms. The van der Waals surface area contributed by atoms with Crippen LogP contribution < -0.4 is 10.6 Å². The van der Waals surface area contributed by atoms with Crippen molar-refractivity contribution in [2.24, 2.45) is 0 Å². The average Bonchev–Trinajstić information content (AvgIpc) is 3.14. The van der Waals surface area contributed by atoms with Crippen LogP contribution in [0.5, 0.6) is 0 Å². The molecule has 0 spiro atoms. The summed E-state index contributed by atoms with van der Waals surface area (Å²) in [6, 6.07) is 12.9. The number of pyridine rings is 1. The molecule has 5 nitrogen and oxygen atoms in total. The van der Waals surface area contributed by atoms with Crippen molar-refractivity contribution in [2.75, 3.05) is 11.9 Å². The van der Waals surface area contributed by atoms with Gasteiger partial charge in [-0.15, -0.1) is 0 Å². The van der Waals surface area contributed by atoms with Crippen LogP contribution in [0.2, 0.25) is 0 Å². The molecule has 0 saturated heterocycles. The Bertz CT molecular complexity index is 1190. The number of thiazole rings is 1. The Balaban J connectivity index is 1.96. The molecule has 4 aromatic rings. The van der Waals surface area contributed by atoms with Gasteiger partial charge >= 0.3 is 6.03 Å². The van der Waals surface area contributed by atoms with Crippen LogP contribution >= 0.6 is 11.3 Å². The number of urea groups is 1. The minimum absolute atomic E-state index is 0.0585. The number of hydrogen-bond acceptors (Lipinski definition) is 4. The number of carbonyl (C=O) groups is 1. The van der Waals surface area contributed by atoms with Crippen molar-refractivity contribution in [1.82, 2.24) is 15.3 Å². The number of fused-ring (bicyclic) bond motifs is 1. The number of anilines is 1. The first-order valence-corrected chi connectivity index (χ1v) is 9.74. The third kappa shape index (κ3) is 3.66. The molecule has 0 aliphatic carbocycles. The second kappa shape index (κ2) is 7.92. The lowest BCUT2D eigenvalue weighted by Crippen LogP contribution is -2.28. The van der Waals surface area contributed by atoms with E-state index in [0.29, 0.717) is 22.4 Å². The summed E-state index contributed by atoms with van der Waals surface area (Å²) in [5, 5.41) is 5.40. The molecule has 0 aliphatic rings. The van der Waals surface area contributed by atoms with Crippen LogP contribution in [0.15, 0.2) is 54.7 Å². The molecule has 0 unspecified atom stereocenters. The summed E-state index contributed by atoms with van der Waals surface area (Å²) >= 11 is 1.07. The van der Waals surface area contributed by atoms with E-state index in [1.165, 1.54) is 18.3 Å². The summed E-state index contributed by atoms with van der Waals surface area (Å²) in [5.74, 6) is -1.06. The fraction of sp³-hybridized carbons (Fsp3) is 0.0952. The number of carbonyl (C=O) groups excluding carboxylic acids is 1. The number of aromatic nitrogens is 2. The Kier molecular flexibility index (Phi) is 5.18. The Labute approximate surface area is 169 Å². The van der Waals surface area contributed by atoms with E-state index in [1.807, 2.05) is 6.07 Å². The van der Waals surface area contributed by atoms with Gasteiger partial charge in [0.2, 0.25) is 0 Å². The van der Waals surface area contributed by atoms with Crippen LogP contribution in [0, 0.1) is 11.6 Å². The lowest BCUT2D eigenvalue weighted by Gasteiger charge is -2.09. The molecule has 0 saturated carbocycles. The first-order valence-electron chi connectivity index (χ1n) is 8.92. The highest BCUT2D eigenvalue weighted by atomic mass is 32.1. The van der Waals surface area contributed by atoms with Gasteiger partial charge in [0.15, 0.2) is 10.9 Å². The molecule has 4 rings (SSSR count). The number of amides is 2. The molecule has 2 aromatic carbocycles. The maximum atomic E-state index is 15.4. The first-order chi connectivity index (χ1) is 14.1. The molecule has 0 fully saturated rings. The molecule has 2 amide bonds. The van der Waals surface area contributed by atoms with Crippen molar-refractivity contribution in [3.8, 4) is 22.4 Å². The second-order valence-electron chi connectivity index (χ2n) is 6.17. The predicted molar refractivity (Wildman–Crippen MR) is 111 cm³/mol. The molecule has 146 valence electrons. The zero-order valence-corrected chi connectivity index (χ0v) is 16.2. The molecule has 2 heterocycles. The van der Waals surface area contributed by atoms with Gasteiger partial charge in [-0.3, -0.25) is 10.3 Å². The van der Waals surface area contributed by atoms with Gasteiger partial charge in [-0.25, -0.2) is 18.6 Å². The van der Waals surface area contributed by atoms with Gasteiger partial charge in [-0.1, -0.05) is 41.7 Å². The highest BCUT2D eigenvalue weighted by Gasteiger charge is 2.21. The largest absolute Gasteiger partial charge is 0.338 e. The minimum Gasteiger partial charge on any atom is -0.338 e. The summed E-state index contributed by atoms with van der Waals surface area (Å²) in [7, 11) is 0. The molecular formula is C21H16F2N4OS. The fourth-order valence-electron chi connectivity index (χ4n) is 3.00. The summed E-state index contributed by atoms with van der Waals surface area (Å²) in [5.41, 5.74) is 1.50. The zero-order chi connectivity index (χ0) is 20.4. The fourth-order valence-corrected chi connectivity index (χ4v) is 3.97. The maximum Gasteiger partial charge on any atom is 0.321 e. The Morgan fingerprint density at radius 2 is 1.90 bits per heavy atom. The number of nitrogens with zero attached hydrogens (tertiary/aromatic N) is 2. The number of nitrogens with one attached hydrogen (secondary N) is 2. The van der Waals surface area contributed by atoms with E-state index >= 15 is 4.39 Å². The molecule has 0 aliphatic heterocycles. The van der Waals surface area contributed by atoms with E-state index < -0.39 is 17.7 Å². The van der Waals surface area contributed by atoms with Crippen molar-refractivity contribution in [3.05, 3.63) is 66.4 Å². The smallest absolute Gasteiger partial charge is 0.321 e. The van der Waals surface area contributed by atoms with E-state index in [2.05, 4.69) is 20.6 Å². The maximum absolute atomic E-state index is 15.4. The normalized spacial score (nSPS) is 10.9. The van der Waals surface area contributed by atoms with Crippen molar-refractivity contribution < 1.29 is 13.6 Å². The van der Waals surface area contributed by atoms with Crippen LogP contribution in [0.25, 0.3) is 32.6 Å². The van der Waals surface area contributed by atoms with Crippen molar-refractivity contribution in [2.45, 2.75) is 6.92 Å². The number of benzene rings is 2. The van der Waals surface area contributed by atoms with Crippen molar-refractivity contribution in [1.29, 1.82) is 0 Å². The van der Waals surface area contributed by atoms with Gasteiger partial charge in [0.25, 0.3) is 0 Å². The van der Waals surface area contributed by atoms with Crippen molar-refractivity contribution in [3.63, 3.8) is 0 Å². The van der Waals surface area contributed by atoms with E-state index in [1.54, 1.807) is 37.3 Å². The van der Waals surface area contributed by atoms with Crippen molar-refractivity contribution >= 4 is 32.7 Å². The SMILES string of the molecule is CCNC(=O)Nc1nc2c(F)c(-c3ccccc3)cc(-c3ncccc3F)c2s1. The average molecular weight is 410 g/mol. The Hall–Kier alpha value is -3.39. The van der Waals surface area contributed by atoms with Gasteiger partial charge in [0, 0.05) is 23.9 Å². The number of halogens is 2. The predicted octanol–water partition coefficient (Wildman–Crippen LogP) is 5.44. The summed E-state index contributed by atoms with van der Waals surface area (Å²) in [4.78, 5) is 20.3. The van der Waals surface area contributed by atoms with Gasteiger partial charge in [0.1, 0.15) is 17.0 Å². The molecule has 2 N–H and O–H groups in total. The number of hydrogen-bond donors (Lipinski definition) is 2. The quantitative estimate of drug-likeness (QED) is 0.470. The standard InChI is InChI=1S/C21H16F2N4OS/c1-2-24-20(28)27-21-26-18-16(23)13(12-7-4-3-5-8-12)11-14(19(18)29-21)17-15(22)9-6-10-25-17/h3-11H,2H2,1H3,(H2,24,26,27,28). The van der Waals surface area contributed by atoms with Crippen LogP contribution in [-0.2, 0) is 0 Å². The molecule has 0 atom stereocenters. The molecule has 2 aromatic heterocycles. The third-order valence-electron chi connectivity index (χ3n) is 4.26. The monoisotopic (exact) mass is 410 g/mol. The second-order valence-corrected chi connectivity index (χ2v) is 7.17. The molecule has 0 bridgehead atoms. The Morgan fingerprint density at radius 3 is 2.62 bits per heavy atom. The first kappa shape index (κ1) is 18.9. The highest BCUT2D eigenvalue weighted by Crippen LogP contribution is 2.40. The van der Waals surface area contributed by atoms with Crippen LogP contribution in [0.1, 0.15) is 6.92 Å². The van der Waals surface area contributed by atoms with Gasteiger partial charge < -0.3 is 5.32 Å². The van der Waals surface area contributed by atoms with E-state index in [9.17, 15) is 9.18 Å². The van der Waals surface area contributed by atoms with Crippen LogP contribution in [0.3, 0.4) is 0 Å². The Morgan fingerprint density at radius 1 is 1.10 bits per heavy atom. The van der Waals surface area contributed by atoms with Gasteiger partial charge in [-0.2, -0.15) is 0 Å². The summed E-state index contributed by atoms with van der Waals surface area (Å²) in [6.45, 7) is 2.22. The lowest BCUT2D eigenvalue weighted by atomic mass is 9.99. The number of rotatable bonds is 4. The van der Waals surface area contributed by atoms with E-state index in [4.69, 9.17) is 0 Å².